The van der Waals surface area contributed by atoms with Crippen molar-refractivity contribution in [1.29, 1.82) is 0 Å². The molecule has 2 N–H and O–H groups in total. The van der Waals surface area contributed by atoms with Crippen LogP contribution in [0.3, 0.4) is 0 Å². The Morgan fingerprint density at radius 3 is 1.76 bits per heavy atom. The van der Waals surface area contributed by atoms with Crippen LogP contribution < -0.4 is 0 Å². The van der Waals surface area contributed by atoms with Crippen molar-refractivity contribution in [2.75, 3.05) is 0 Å². The summed E-state index contributed by atoms with van der Waals surface area (Å²) >= 11 is 0. The van der Waals surface area contributed by atoms with Crippen LogP contribution in [0.25, 0.3) is 0 Å². The van der Waals surface area contributed by atoms with E-state index in [2.05, 4.69) is 41.5 Å². The topological polar surface area (TPSA) is 40.5 Å². The van der Waals surface area contributed by atoms with Gasteiger partial charge in [-0.2, -0.15) is 0 Å². The fourth-order valence-electron chi connectivity index (χ4n) is 3.23. The second-order valence-corrected chi connectivity index (χ2v) is 9.96. The number of phenolic OH excluding ortho intramolecular Hbond substituents is 2. The largest absolute Gasteiger partial charge is 0.508 e. The van der Waals surface area contributed by atoms with E-state index in [1.165, 1.54) is 25.7 Å². The van der Waals surface area contributed by atoms with E-state index in [9.17, 15) is 10.2 Å². The highest BCUT2D eigenvalue weighted by Gasteiger charge is 2.14. The van der Waals surface area contributed by atoms with E-state index in [1.54, 1.807) is 6.07 Å². The molecule has 0 saturated carbocycles. The van der Waals surface area contributed by atoms with Gasteiger partial charge in [0.1, 0.15) is 11.5 Å². The van der Waals surface area contributed by atoms with Gasteiger partial charge in [-0.1, -0.05) is 66.9 Å². The van der Waals surface area contributed by atoms with Crippen molar-refractivity contribution in [3.8, 4) is 11.5 Å². The van der Waals surface area contributed by atoms with Gasteiger partial charge in [0.05, 0.1) is 0 Å². The van der Waals surface area contributed by atoms with Gasteiger partial charge >= 0.3 is 0 Å². The van der Waals surface area contributed by atoms with Gasteiger partial charge in [-0.3, -0.25) is 0 Å². The summed E-state index contributed by atoms with van der Waals surface area (Å²) in [6.45, 7) is 13.6. The summed E-state index contributed by atoms with van der Waals surface area (Å²) in [4.78, 5) is 0. The first-order chi connectivity index (χ1) is 11.5. The Hall–Kier alpha value is -1.18. The van der Waals surface area contributed by atoms with Crippen molar-refractivity contribution in [3.05, 3.63) is 23.3 Å². The normalized spacial score (nSPS) is 12.6. The molecule has 1 rings (SSSR count). The van der Waals surface area contributed by atoms with Gasteiger partial charge in [0, 0.05) is 5.56 Å². The summed E-state index contributed by atoms with van der Waals surface area (Å²) in [6, 6.07) is 3.64. The lowest BCUT2D eigenvalue weighted by Gasteiger charge is -2.18. The molecule has 1 aromatic rings. The van der Waals surface area contributed by atoms with Gasteiger partial charge in [-0.25, -0.2) is 0 Å². The van der Waals surface area contributed by atoms with Crippen LogP contribution in [-0.4, -0.2) is 10.2 Å². The zero-order valence-corrected chi connectivity index (χ0v) is 17.4. The van der Waals surface area contributed by atoms with E-state index in [0.29, 0.717) is 16.6 Å². The Balaban J connectivity index is 2.51. The monoisotopic (exact) mass is 348 g/mol. The number of hydrogen-bond donors (Lipinski definition) is 2. The molecule has 0 fully saturated rings. The maximum atomic E-state index is 10.6. The first kappa shape index (κ1) is 21.9. The third kappa shape index (κ3) is 9.18. The number of benzene rings is 1. The van der Waals surface area contributed by atoms with Gasteiger partial charge in [0.25, 0.3) is 0 Å². The Bertz CT molecular complexity index is 518. The summed E-state index contributed by atoms with van der Waals surface area (Å²) in [5.41, 5.74) is 2.47. The van der Waals surface area contributed by atoms with E-state index in [-0.39, 0.29) is 5.75 Å². The quantitative estimate of drug-likeness (QED) is 0.471. The fourth-order valence-corrected chi connectivity index (χ4v) is 3.23. The van der Waals surface area contributed by atoms with Crippen molar-refractivity contribution < 1.29 is 10.2 Å². The van der Waals surface area contributed by atoms with E-state index in [0.717, 1.165) is 43.2 Å². The summed E-state index contributed by atoms with van der Waals surface area (Å²) in [6.07, 6.45) is 9.72. The summed E-state index contributed by atoms with van der Waals surface area (Å²) in [5, 5.41) is 20.7. The summed E-state index contributed by atoms with van der Waals surface area (Å²) in [5.74, 6) is 0.566. The van der Waals surface area contributed by atoms with E-state index < -0.39 is 0 Å². The van der Waals surface area contributed by atoms with Crippen LogP contribution in [0.2, 0.25) is 0 Å². The lowest BCUT2D eigenvalue weighted by molar-refractivity contribution is 0.357. The van der Waals surface area contributed by atoms with Gasteiger partial charge < -0.3 is 10.2 Å². The number of phenols is 2. The number of hydrogen-bond acceptors (Lipinski definition) is 2. The highest BCUT2D eigenvalue weighted by Crippen LogP contribution is 2.34. The van der Waals surface area contributed by atoms with Crippen LogP contribution >= 0.6 is 0 Å². The first-order valence-corrected chi connectivity index (χ1v) is 10.0. The predicted octanol–water partition coefficient (Wildman–Crippen LogP) is 7.01. The molecule has 0 spiro atoms. The molecule has 2 nitrogen and oxygen atoms in total. The molecule has 0 aliphatic heterocycles. The third-order valence-corrected chi connectivity index (χ3v) is 4.82. The van der Waals surface area contributed by atoms with Gasteiger partial charge in [-0.15, -0.1) is 0 Å². The Morgan fingerprint density at radius 1 is 0.680 bits per heavy atom. The van der Waals surface area contributed by atoms with Crippen LogP contribution in [0.4, 0.5) is 0 Å². The van der Waals surface area contributed by atoms with Gasteiger partial charge in [0.15, 0.2) is 0 Å². The molecule has 0 radical (unpaired) electrons. The van der Waals surface area contributed by atoms with Crippen molar-refractivity contribution in [2.45, 2.75) is 99.3 Å². The van der Waals surface area contributed by atoms with Crippen molar-refractivity contribution >= 4 is 0 Å². The van der Waals surface area contributed by atoms with Gasteiger partial charge in [-0.05, 0) is 61.0 Å². The number of aryl methyl sites for hydroxylation is 1. The molecule has 25 heavy (non-hydrogen) atoms. The predicted molar refractivity (Wildman–Crippen MR) is 108 cm³/mol. The smallest absolute Gasteiger partial charge is 0.125 e. The van der Waals surface area contributed by atoms with E-state index in [1.807, 2.05) is 6.07 Å². The van der Waals surface area contributed by atoms with Crippen molar-refractivity contribution in [3.63, 3.8) is 0 Å². The summed E-state index contributed by atoms with van der Waals surface area (Å²) < 4.78 is 0. The molecular weight excluding hydrogens is 308 g/mol. The third-order valence-electron chi connectivity index (χ3n) is 4.82. The average Bonchev–Trinajstić information content (AvgIpc) is 2.46. The molecule has 0 aliphatic carbocycles. The SMILES string of the molecule is CC(C)(C)CCCCCc1ccc(O)c(CCCCC(C)(C)C)c1O. The van der Waals surface area contributed by atoms with E-state index in [4.69, 9.17) is 0 Å². The lowest BCUT2D eigenvalue weighted by Crippen LogP contribution is -2.04. The zero-order chi connectivity index (χ0) is 19.1. The maximum absolute atomic E-state index is 10.6. The minimum Gasteiger partial charge on any atom is -0.508 e. The molecule has 0 atom stereocenters. The molecule has 0 amide bonds. The Kier molecular flexibility index (Phi) is 8.31. The standard InChI is InChI=1S/C23H40O2/c1-22(2,3)16-10-7-8-12-18-14-15-20(24)19(21(18)25)13-9-11-17-23(4,5)6/h14-15,24-25H,7-13,16-17H2,1-6H3. The molecule has 0 unspecified atom stereocenters. The van der Waals surface area contributed by atoms with Crippen LogP contribution in [0.1, 0.15) is 97.6 Å². The number of unbranched alkanes of at least 4 members (excludes halogenated alkanes) is 3. The van der Waals surface area contributed by atoms with Crippen LogP contribution in [-0.2, 0) is 12.8 Å². The Labute approximate surface area is 155 Å². The molecular formula is C23H40O2. The summed E-state index contributed by atoms with van der Waals surface area (Å²) in [7, 11) is 0. The molecule has 2 heteroatoms. The minimum absolute atomic E-state index is 0.241. The van der Waals surface area contributed by atoms with Crippen molar-refractivity contribution in [2.24, 2.45) is 10.8 Å². The number of rotatable bonds is 9. The molecule has 0 aromatic heterocycles. The molecule has 0 saturated heterocycles. The van der Waals surface area contributed by atoms with Crippen molar-refractivity contribution in [1.82, 2.24) is 0 Å². The fraction of sp³-hybridized carbons (Fsp3) is 0.739. The average molecular weight is 349 g/mol. The second kappa shape index (κ2) is 9.50. The zero-order valence-electron chi connectivity index (χ0n) is 17.4. The lowest BCUT2D eigenvalue weighted by atomic mass is 9.88. The molecule has 0 heterocycles. The molecule has 144 valence electrons. The highest BCUT2D eigenvalue weighted by molar-refractivity contribution is 5.48. The maximum Gasteiger partial charge on any atom is 0.125 e. The van der Waals surface area contributed by atoms with Crippen LogP contribution in [0.5, 0.6) is 11.5 Å². The number of aromatic hydroxyl groups is 2. The minimum atomic E-state index is 0.241. The molecule has 1 aromatic carbocycles. The first-order valence-electron chi connectivity index (χ1n) is 10.0. The molecule has 0 aliphatic rings. The molecule has 0 bridgehead atoms. The van der Waals surface area contributed by atoms with E-state index >= 15 is 0 Å². The van der Waals surface area contributed by atoms with Crippen LogP contribution in [0.15, 0.2) is 12.1 Å². The second-order valence-electron chi connectivity index (χ2n) is 9.96. The Morgan fingerprint density at radius 2 is 1.20 bits per heavy atom. The van der Waals surface area contributed by atoms with Crippen LogP contribution in [0, 0.1) is 10.8 Å². The highest BCUT2D eigenvalue weighted by atomic mass is 16.3. The van der Waals surface area contributed by atoms with Gasteiger partial charge in [0.2, 0.25) is 0 Å².